The van der Waals surface area contributed by atoms with Crippen molar-refractivity contribution >= 4 is 34.8 Å². The zero-order valence-corrected chi connectivity index (χ0v) is 11.0. The largest absolute Gasteiger partial charge is 0.476 e. The minimum absolute atomic E-state index is 0.0336. The number of carbonyl (C=O) groups is 2. The van der Waals surface area contributed by atoms with E-state index in [1.54, 1.807) is 0 Å². The zero-order valence-electron chi connectivity index (χ0n) is 9.46. The van der Waals surface area contributed by atoms with Gasteiger partial charge in [0.25, 0.3) is 5.91 Å². The fraction of sp³-hybridized carbons (Fsp3) is 0.0909. The molecule has 0 fully saturated rings. The van der Waals surface area contributed by atoms with Gasteiger partial charge in [-0.15, -0.1) is 11.3 Å². The third-order valence-corrected chi connectivity index (χ3v) is 3.36. The lowest BCUT2D eigenvalue weighted by molar-refractivity contribution is 0.0691. The van der Waals surface area contributed by atoms with Gasteiger partial charge >= 0.3 is 5.97 Å². The second-order valence-electron chi connectivity index (χ2n) is 3.47. The SMILES string of the molecule is O=C(O)c1csc(CNC(=O)c2cnccc2Cl)n1. The van der Waals surface area contributed by atoms with Gasteiger partial charge in [0.05, 0.1) is 17.1 Å². The maximum absolute atomic E-state index is 11.8. The van der Waals surface area contributed by atoms with Crippen molar-refractivity contribution in [2.24, 2.45) is 0 Å². The Morgan fingerprint density at radius 2 is 2.26 bits per heavy atom. The first-order valence-electron chi connectivity index (χ1n) is 5.13. The smallest absolute Gasteiger partial charge is 0.355 e. The van der Waals surface area contributed by atoms with Crippen molar-refractivity contribution in [3.05, 3.63) is 45.1 Å². The molecule has 2 rings (SSSR count). The quantitative estimate of drug-likeness (QED) is 0.898. The van der Waals surface area contributed by atoms with Gasteiger partial charge in [-0.05, 0) is 6.07 Å². The van der Waals surface area contributed by atoms with E-state index in [0.29, 0.717) is 10.0 Å². The number of carbonyl (C=O) groups excluding carboxylic acids is 1. The number of amides is 1. The number of halogens is 1. The molecular formula is C11H8ClN3O3S. The van der Waals surface area contributed by atoms with E-state index in [4.69, 9.17) is 16.7 Å². The first-order valence-corrected chi connectivity index (χ1v) is 6.39. The minimum atomic E-state index is -1.09. The van der Waals surface area contributed by atoms with Crippen LogP contribution in [0.25, 0.3) is 0 Å². The van der Waals surface area contributed by atoms with Crippen LogP contribution in [-0.2, 0) is 6.54 Å². The molecular weight excluding hydrogens is 290 g/mol. The Labute approximate surface area is 117 Å². The summed E-state index contributed by atoms with van der Waals surface area (Å²) in [5.41, 5.74) is 0.229. The fourth-order valence-corrected chi connectivity index (χ4v) is 2.18. The second-order valence-corrected chi connectivity index (χ2v) is 4.82. The Bertz CT molecular complexity index is 629. The average Bonchev–Trinajstić information content (AvgIpc) is 2.85. The molecule has 0 aliphatic heterocycles. The molecule has 0 bridgehead atoms. The predicted octanol–water partition coefficient (Wildman–Crippen LogP) is 1.82. The van der Waals surface area contributed by atoms with Gasteiger partial charge in [0.1, 0.15) is 5.01 Å². The van der Waals surface area contributed by atoms with Crippen molar-refractivity contribution in [1.82, 2.24) is 15.3 Å². The van der Waals surface area contributed by atoms with Gasteiger partial charge in [0, 0.05) is 17.8 Å². The number of carboxylic acid groups (broad SMARTS) is 1. The van der Waals surface area contributed by atoms with E-state index in [1.165, 1.54) is 23.8 Å². The van der Waals surface area contributed by atoms with E-state index in [9.17, 15) is 9.59 Å². The monoisotopic (exact) mass is 297 g/mol. The number of hydrogen-bond donors (Lipinski definition) is 2. The lowest BCUT2D eigenvalue weighted by Crippen LogP contribution is -2.23. The third kappa shape index (κ3) is 3.27. The first-order chi connectivity index (χ1) is 9.08. The highest BCUT2D eigenvalue weighted by molar-refractivity contribution is 7.09. The van der Waals surface area contributed by atoms with Crippen LogP contribution in [0, 0.1) is 0 Å². The van der Waals surface area contributed by atoms with Crippen LogP contribution in [-0.4, -0.2) is 27.0 Å². The molecule has 0 spiro atoms. The highest BCUT2D eigenvalue weighted by Gasteiger charge is 2.12. The van der Waals surface area contributed by atoms with Gasteiger partial charge in [-0.25, -0.2) is 9.78 Å². The van der Waals surface area contributed by atoms with Gasteiger partial charge in [0.15, 0.2) is 5.69 Å². The number of thiazole rings is 1. The van der Waals surface area contributed by atoms with Gasteiger partial charge in [-0.3, -0.25) is 9.78 Å². The van der Waals surface area contributed by atoms with Gasteiger partial charge in [-0.2, -0.15) is 0 Å². The Morgan fingerprint density at radius 3 is 2.89 bits per heavy atom. The molecule has 0 aromatic carbocycles. The summed E-state index contributed by atoms with van der Waals surface area (Å²) in [5, 5.41) is 13.5. The summed E-state index contributed by atoms with van der Waals surface area (Å²) in [6.45, 7) is 0.141. The Kier molecular flexibility index (Phi) is 4.08. The van der Waals surface area contributed by atoms with Crippen LogP contribution in [0.2, 0.25) is 5.02 Å². The average molecular weight is 298 g/mol. The number of carboxylic acids is 1. The number of pyridine rings is 1. The molecule has 0 saturated heterocycles. The summed E-state index contributed by atoms with van der Waals surface area (Å²) in [7, 11) is 0. The molecule has 0 saturated carbocycles. The van der Waals surface area contributed by atoms with Crippen molar-refractivity contribution in [1.29, 1.82) is 0 Å². The zero-order chi connectivity index (χ0) is 13.8. The Hall–Kier alpha value is -1.99. The fourth-order valence-electron chi connectivity index (χ4n) is 1.29. The molecule has 0 atom stereocenters. The number of nitrogens with zero attached hydrogens (tertiary/aromatic N) is 2. The topological polar surface area (TPSA) is 92.2 Å². The third-order valence-electron chi connectivity index (χ3n) is 2.18. The van der Waals surface area contributed by atoms with Gasteiger partial charge in [0.2, 0.25) is 0 Å². The molecule has 2 aromatic rings. The van der Waals surface area contributed by atoms with Gasteiger partial charge < -0.3 is 10.4 Å². The lowest BCUT2D eigenvalue weighted by atomic mass is 10.2. The molecule has 19 heavy (non-hydrogen) atoms. The highest BCUT2D eigenvalue weighted by Crippen LogP contribution is 2.14. The Morgan fingerprint density at radius 1 is 1.47 bits per heavy atom. The van der Waals surface area contributed by atoms with Crippen LogP contribution in [0.5, 0.6) is 0 Å². The normalized spacial score (nSPS) is 10.2. The molecule has 2 N–H and O–H groups in total. The summed E-state index contributed by atoms with van der Waals surface area (Å²) in [6, 6.07) is 1.52. The molecule has 98 valence electrons. The van der Waals surface area contributed by atoms with Crippen LogP contribution >= 0.6 is 22.9 Å². The van der Waals surface area contributed by atoms with Crippen LogP contribution in [0.3, 0.4) is 0 Å². The lowest BCUT2D eigenvalue weighted by Gasteiger charge is -2.03. The summed E-state index contributed by atoms with van der Waals surface area (Å²) < 4.78 is 0. The van der Waals surface area contributed by atoms with E-state index in [1.807, 2.05) is 0 Å². The van der Waals surface area contributed by atoms with E-state index < -0.39 is 5.97 Å². The van der Waals surface area contributed by atoms with E-state index in [0.717, 1.165) is 11.3 Å². The van der Waals surface area contributed by atoms with E-state index in [-0.39, 0.29) is 23.7 Å². The summed E-state index contributed by atoms with van der Waals surface area (Å²) in [5.74, 6) is -1.48. The molecule has 6 nitrogen and oxygen atoms in total. The minimum Gasteiger partial charge on any atom is -0.476 e. The van der Waals surface area contributed by atoms with E-state index >= 15 is 0 Å². The van der Waals surface area contributed by atoms with Crippen molar-refractivity contribution in [3.63, 3.8) is 0 Å². The number of nitrogens with one attached hydrogen (secondary N) is 1. The predicted molar refractivity (Wildman–Crippen MR) is 69.5 cm³/mol. The maximum Gasteiger partial charge on any atom is 0.355 e. The van der Waals surface area contributed by atoms with Crippen LogP contribution in [0.15, 0.2) is 23.8 Å². The molecule has 0 unspecified atom stereocenters. The Balaban J connectivity index is 2.00. The van der Waals surface area contributed by atoms with Crippen molar-refractivity contribution < 1.29 is 14.7 Å². The second kappa shape index (κ2) is 5.77. The molecule has 0 radical (unpaired) electrons. The first kappa shape index (κ1) is 13.4. The molecule has 0 aliphatic carbocycles. The van der Waals surface area contributed by atoms with Crippen LogP contribution in [0.4, 0.5) is 0 Å². The van der Waals surface area contributed by atoms with Crippen LogP contribution < -0.4 is 5.32 Å². The summed E-state index contributed by atoms with van der Waals surface area (Å²) in [4.78, 5) is 30.1. The number of aromatic carboxylic acids is 1. The molecule has 0 aliphatic rings. The number of rotatable bonds is 4. The standard InChI is InChI=1S/C11H8ClN3O3S/c12-7-1-2-13-3-6(7)10(16)14-4-9-15-8(5-19-9)11(17)18/h1-3,5H,4H2,(H,14,16)(H,17,18). The van der Waals surface area contributed by atoms with Crippen molar-refractivity contribution in [3.8, 4) is 0 Å². The number of aromatic nitrogens is 2. The molecule has 2 aromatic heterocycles. The number of hydrogen-bond acceptors (Lipinski definition) is 5. The highest BCUT2D eigenvalue weighted by atomic mass is 35.5. The van der Waals surface area contributed by atoms with Crippen molar-refractivity contribution in [2.75, 3.05) is 0 Å². The van der Waals surface area contributed by atoms with Crippen LogP contribution in [0.1, 0.15) is 25.9 Å². The summed E-state index contributed by atoms with van der Waals surface area (Å²) in [6.07, 6.45) is 2.85. The molecule has 8 heteroatoms. The molecule has 2 heterocycles. The summed E-state index contributed by atoms with van der Waals surface area (Å²) >= 11 is 7.02. The van der Waals surface area contributed by atoms with Crippen molar-refractivity contribution in [2.45, 2.75) is 6.54 Å². The molecule has 1 amide bonds. The van der Waals surface area contributed by atoms with E-state index in [2.05, 4.69) is 15.3 Å². The maximum atomic E-state index is 11.8. The van der Waals surface area contributed by atoms with Gasteiger partial charge in [-0.1, -0.05) is 11.6 Å².